The second-order valence-electron chi connectivity index (χ2n) is 4.42. The molecule has 0 fully saturated rings. The predicted molar refractivity (Wildman–Crippen MR) is 74.7 cm³/mol. The average Bonchev–Trinajstić information content (AvgIpc) is 2.39. The highest BCUT2D eigenvalue weighted by Gasteiger charge is 2.13. The zero-order valence-corrected chi connectivity index (χ0v) is 11.3. The van der Waals surface area contributed by atoms with Crippen molar-refractivity contribution < 1.29 is 13.0 Å². The van der Waals surface area contributed by atoms with E-state index in [9.17, 15) is 8.42 Å². The summed E-state index contributed by atoms with van der Waals surface area (Å²) in [5, 5.41) is 0. The maximum atomic E-state index is 11.2. The van der Waals surface area contributed by atoms with Crippen LogP contribution in [0.3, 0.4) is 0 Å². The normalized spacial score (nSPS) is 11.4. The Morgan fingerprint density at radius 2 is 1.47 bits per heavy atom. The van der Waals surface area contributed by atoms with Gasteiger partial charge in [0.1, 0.15) is 0 Å². The van der Waals surface area contributed by atoms with Crippen molar-refractivity contribution in [2.45, 2.75) is 24.2 Å². The summed E-state index contributed by atoms with van der Waals surface area (Å²) in [6, 6.07) is 16.6. The standard InChI is InChI=1S/C15H16O3S/c16-19(17,18)15-12-5-4-10-14(15)11-6-9-13-7-2-1-3-8-13/h1-5,7-8,10,12H,6,9,11H2,(H,16,17,18). The quantitative estimate of drug-likeness (QED) is 0.854. The van der Waals surface area contributed by atoms with Crippen LogP contribution in [-0.2, 0) is 23.0 Å². The Kier molecular flexibility index (Phi) is 4.35. The molecule has 100 valence electrons. The largest absolute Gasteiger partial charge is 0.294 e. The summed E-state index contributed by atoms with van der Waals surface area (Å²) in [5.41, 5.74) is 1.90. The van der Waals surface area contributed by atoms with E-state index in [0.29, 0.717) is 12.0 Å². The molecular weight excluding hydrogens is 260 g/mol. The van der Waals surface area contributed by atoms with E-state index in [4.69, 9.17) is 4.55 Å². The van der Waals surface area contributed by atoms with Gasteiger partial charge in [0.05, 0.1) is 4.90 Å². The van der Waals surface area contributed by atoms with Gasteiger partial charge >= 0.3 is 0 Å². The van der Waals surface area contributed by atoms with Crippen LogP contribution >= 0.6 is 0 Å². The molecule has 4 heteroatoms. The van der Waals surface area contributed by atoms with Crippen LogP contribution in [0, 0.1) is 0 Å². The summed E-state index contributed by atoms with van der Waals surface area (Å²) >= 11 is 0. The van der Waals surface area contributed by atoms with Gasteiger partial charge in [0.25, 0.3) is 10.1 Å². The molecule has 0 aliphatic rings. The molecule has 0 saturated heterocycles. The molecule has 0 aromatic heterocycles. The average molecular weight is 276 g/mol. The summed E-state index contributed by atoms with van der Waals surface area (Å²) in [4.78, 5) is 0.0167. The Hall–Kier alpha value is -1.65. The van der Waals surface area contributed by atoms with Crippen LogP contribution in [-0.4, -0.2) is 13.0 Å². The molecule has 0 spiro atoms. The van der Waals surface area contributed by atoms with Gasteiger partial charge in [0, 0.05) is 0 Å². The molecule has 0 saturated carbocycles. The van der Waals surface area contributed by atoms with Crippen molar-refractivity contribution in [3.8, 4) is 0 Å². The number of benzene rings is 2. The number of aryl methyl sites for hydroxylation is 2. The first-order valence-electron chi connectivity index (χ1n) is 6.17. The first-order chi connectivity index (χ1) is 9.07. The molecule has 0 atom stereocenters. The van der Waals surface area contributed by atoms with E-state index in [0.717, 1.165) is 12.8 Å². The molecule has 2 aromatic rings. The van der Waals surface area contributed by atoms with Crippen molar-refractivity contribution in [3.05, 3.63) is 65.7 Å². The van der Waals surface area contributed by atoms with Gasteiger partial charge in [0.2, 0.25) is 0 Å². The summed E-state index contributed by atoms with van der Waals surface area (Å²) in [6.45, 7) is 0. The first kappa shape index (κ1) is 13.8. The van der Waals surface area contributed by atoms with Gasteiger partial charge in [-0.05, 0) is 36.5 Å². The molecule has 0 radical (unpaired) electrons. The SMILES string of the molecule is O=S(=O)(O)c1ccccc1CCCc1ccccc1. The van der Waals surface area contributed by atoms with Crippen LogP contribution in [0.1, 0.15) is 17.5 Å². The van der Waals surface area contributed by atoms with Gasteiger partial charge in [-0.15, -0.1) is 0 Å². The Morgan fingerprint density at radius 1 is 0.842 bits per heavy atom. The van der Waals surface area contributed by atoms with Gasteiger partial charge in [-0.1, -0.05) is 48.5 Å². The lowest BCUT2D eigenvalue weighted by Gasteiger charge is -2.06. The van der Waals surface area contributed by atoms with E-state index >= 15 is 0 Å². The lowest BCUT2D eigenvalue weighted by Crippen LogP contribution is -2.03. The van der Waals surface area contributed by atoms with Crippen molar-refractivity contribution in [3.63, 3.8) is 0 Å². The smallest absolute Gasteiger partial charge is 0.282 e. The molecule has 3 nitrogen and oxygen atoms in total. The van der Waals surface area contributed by atoms with E-state index in [1.54, 1.807) is 18.2 Å². The molecule has 0 aliphatic carbocycles. The van der Waals surface area contributed by atoms with Crippen LogP contribution in [0.5, 0.6) is 0 Å². The highest BCUT2D eigenvalue weighted by atomic mass is 32.2. The minimum Gasteiger partial charge on any atom is -0.282 e. The van der Waals surface area contributed by atoms with Crippen LogP contribution in [0.2, 0.25) is 0 Å². The minimum absolute atomic E-state index is 0.0167. The number of hydrogen-bond acceptors (Lipinski definition) is 2. The summed E-state index contributed by atoms with van der Waals surface area (Å²) in [5.74, 6) is 0. The highest BCUT2D eigenvalue weighted by Crippen LogP contribution is 2.17. The molecular formula is C15H16O3S. The molecule has 0 amide bonds. The van der Waals surface area contributed by atoms with E-state index < -0.39 is 10.1 Å². The lowest BCUT2D eigenvalue weighted by atomic mass is 10.0. The van der Waals surface area contributed by atoms with Gasteiger partial charge in [-0.25, -0.2) is 0 Å². The van der Waals surface area contributed by atoms with Crippen LogP contribution in [0.4, 0.5) is 0 Å². The fraction of sp³-hybridized carbons (Fsp3) is 0.200. The number of rotatable bonds is 5. The van der Waals surface area contributed by atoms with E-state index in [1.165, 1.54) is 11.6 Å². The fourth-order valence-electron chi connectivity index (χ4n) is 2.09. The fourth-order valence-corrected chi connectivity index (χ4v) is 2.84. The molecule has 2 rings (SSSR count). The maximum Gasteiger partial charge on any atom is 0.294 e. The minimum atomic E-state index is -4.13. The first-order valence-corrected chi connectivity index (χ1v) is 7.61. The molecule has 2 aromatic carbocycles. The van der Waals surface area contributed by atoms with Crippen molar-refractivity contribution in [1.82, 2.24) is 0 Å². The Balaban J connectivity index is 2.05. The zero-order chi connectivity index (χ0) is 13.7. The topological polar surface area (TPSA) is 54.4 Å². The maximum absolute atomic E-state index is 11.2. The summed E-state index contributed by atoms with van der Waals surface area (Å²) in [6.07, 6.45) is 2.36. The number of hydrogen-bond donors (Lipinski definition) is 1. The molecule has 0 heterocycles. The summed E-state index contributed by atoms with van der Waals surface area (Å²) in [7, 11) is -4.13. The Morgan fingerprint density at radius 3 is 2.16 bits per heavy atom. The molecule has 0 unspecified atom stereocenters. The second-order valence-corrected chi connectivity index (χ2v) is 5.81. The molecule has 0 aliphatic heterocycles. The summed E-state index contributed by atoms with van der Waals surface area (Å²) < 4.78 is 31.6. The molecule has 19 heavy (non-hydrogen) atoms. The van der Waals surface area contributed by atoms with Crippen LogP contribution in [0.15, 0.2) is 59.5 Å². The van der Waals surface area contributed by atoms with Gasteiger partial charge in [-0.2, -0.15) is 8.42 Å². The van der Waals surface area contributed by atoms with Crippen LogP contribution < -0.4 is 0 Å². The zero-order valence-electron chi connectivity index (χ0n) is 10.5. The van der Waals surface area contributed by atoms with Gasteiger partial charge in [0.15, 0.2) is 0 Å². The van der Waals surface area contributed by atoms with E-state index in [-0.39, 0.29) is 4.90 Å². The van der Waals surface area contributed by atoms with Crippen molar-refractivity contribution in [2.75, 3.05) is 0 Å². The monoisotopic (exact) mass is 276 g/mol. The van der Waals surface area contributed by atoms with Crippen molar-refractivity contribution >= 4 is 10.1 Å². The highest BCUT2D eigenvalue weighted by molar-refractivity contribution is 7.85. The van der Waals surface area contributed by atoms with Gasteiger partial charge < -0.3 is 0 Å². The second kappa shape index (κ2) is 5.99. The van der Waals surface area contributed by atoms with Gasteiger partial charge in [-0.3, -0.25) is 4.55 Å². The molecule has 0 bridgehead atoms. The molecule has 1 N–H and O–H groups in total. The third-order valence-corrected chi connectivity index (χ3v) is 3.96. The Labute approximate surface area is 113 Å². The predicted octanol–water partition coefficient (Wildman–Crippen LogP) is 3.11. The van der Waals surface area contributed by atoms with E-state index in [2.05, 4.69) is 12.1 Å². The van der Waals surface area contributed by atoms with Crippen molar-refractivity contribution in [1.29, 1.82) is 0 Å². The lowest BCUT2D eigenvalue weighted by molar-refractivity contribution is 0.482. The third-order valence-electron chi connectivity index (χ3n) is 3.00. The van der Waals surface area contributed by atoms with E-state index in [1.807, 2.05) is 18.2 Å². The Bertz CT molecular complexity index is 633. The third kappa shape index (κ3) is 3.91. The van der Waals surface area contributed by atoms with Crippen molar-refractivity contribution in [2.24, 2.45) is 0 Å². The van der Waals surface area contributed by atoms with Crippen LogP contribution in [0.25, 0.3) is 0 Å².